The summed E-state index contributed by atoms with van der Waals surface area (Å²) in [6.45, 7) is 2.05. The van der Waals surface area contributed by atoms with Gasteiger partial charge in [0.25, 0.3) is 5.91 Å². The highest BCUT2D eigenvalue weighted by atomic mass is 32.1. The van der Waals surface area contributed by atoms with Crippen LogP contribution in [0.5, 0.6) is 0 Å². The van der Waals surface area contributed by atoms with Gasteiger partial charge in [0, 0.05) is 24.3 Å². The molecular formula is C21H20N2OS. The second-order valence-corrected chi connectivity index (χ2v) is 7.55. The minimum absolute atomic E-state index is 0.0157. The van der Waals surface area contributed by atoms with Gasteiger partial charge >= 0.3 is 0 Å². The first-order chi connectivity index (χ1) is 12.1. The highest BCUT2D eigenvalue weighted by Gasteiger charge is 2.25. The number of rotatable bonds is 3. The number of aryl methyl sites for hydroxylation is 2. The van der Waals surface area contributed by atoms with Crippen LogP contribution in [0.15, 0.2) is 54.9 Å². The summed E-state index contributed by atoms with van der Waals surface area (Å²) in [4.78, 5) is 21.0. The molecule has 0 bridgehead atoms. The first-order valence-corrected chi connectivity index (χ1v) is 9.35. The highest BCUT2D eigenvalue weighted by Crippen LogP contribution is 2.40. The van der Waals surface area contributed by atoms with E-state index < -0.39 is 0 Å². The van der Waals surface area contributed by atoms with Crippen LogP contribution < -0.4 is 0 Å². The molecule has 1 atom stereocenters. The number of fused-ring (bicyclic) bond motifs is 3. The summed E-state index contributed by atoms with van der Waals surface area (Å²) in [5.74, 6) is 0.0844. The van der Waals surface area contributed by atoms with E-state index in [1.807, 2.05) is 24.1 Å². The standard InChI is InChI=1S/C21H20N2OS/c1-14(15-9-11-22-12-10-15)23(2)21(24)19-13-17-8-7-16-5-3-4-6-18(16)20(17)25-19/h3-6,9-14H,7-8H2,1-2H3. The largest absolute Gasteiger partial charge is 0.334 e. The van der Waals surface area contributed by atoms with Gasteiger partial charge in [-0.05, 0) is 60.2 Å². The van der Waals surface area contributed by atoms with Crippen molar-refractivity contribution in [1.82, 2.24) is 9.88 Å². The number of aromatic nitrogens is 1. The van der Waals surface area contributed by atoms with Crippen molar-refractivity contribution in [1.29, 1.82) is 0 Å². The summed E-state index contributed by atoms with van der Waals surface area (Å²) in [6.07, 6.45) is 5.60. The lowest BCUT2D eigenvalue weighted by Crippen LogP contribution is -2.29. The summed E-state index contributed by atoms with van der Waals surface area (Å²) in [5.41, 5.74) is 5.07. The van der Waals surface area contributed by atoms with Crippen LogP contribution in [0, 0.1) is 0 Å². The molecule has 0 aliphatic heterocycles. The minimum Gasteiger partial charge on any atom is -0.334 e. The second kappa shape index (κ2) is 6.45. The Balaban J connectivity index is 1.63. The van der Waals surface area contributed by atoms with Gasteiger partial charge in [-0.25, -0.2) is 0 Å². The first kappa shape index (κ1) is 16.0. The molecule has 126 valence electrons. The third-order valence-corrected chi connectivity index (χ3v) is 6.23. The van der Waals surface area contributed by atoms with Crippen molar-refractivity contribution in [2.24, 2.45) is 0 Å². The van der Waals surface area contributed by atoms with Crippen LogP contribution in [0.4, 0.5) is 0 Å². The quantitative estimate of drug-likeness (QED) is 0.685. The molecule has 0 saturated heterocycles. The Morgan fingerprint density at radius 1 is 1.12 bits per heavy atom. The van der Waals surface area contributed by atoms with Gasteiger partial charge in [-0.3, -0.25) is 9.78 Å². The molecule has 0 spiro atoms. The highest BCUT2D eigenvalue weighted by molar-refractivity contribution is 7.17. The van der Waals surface area contributed by atoms with Crippen molar-refractivity contribution < 1.29 is 4.79 Å². The molecule has 1 unspecified atom stereocenters. The zero-order valence-electron chi connectivity index (χ0n) is 14.4. The molecule has 1 aliphatic rings. The predicted molar refractivity (Wildman–Crippen MR) is 102 cm³/mol. The van der Waals surface area contributed by atoms with Gasteiger partial charge in [0.05, 0.1) is 10.9 Å². The van der Waals surface area contributed by atoms with Crippen LogP contribution in [0.25, 0.3) is 10.4 Å². The number of amides is 1. The molecule has 1 amide bonds. The molecule has 3 nitrogen and oxygen atoms in total. The van der Waals surface area contributed by atoms with Crippen molar-refractivity contribution in [3.8, 4) is 10.4 Å². The molecule has 1 aromatic carbocycles. The Morgan fingerprint density at radius 3 is 2.64 bits per heavy atom. The molecule has 2 aromatic heterocycles. The number of benzene rings is 1. The molecule has 1 aliphatic carbocycles. The van der Waals surface area contributed by atoms with E-state index in [-0.39, 0.29) is 11.9 Å². The van der Waals surface area contributed by atoms with Crippen molar-refractivity contribution in [3.63, 3.8) is 0 Å². The van der Waals surface area contributed by atoms with Gasteiger partial charge in [0.15, 0.2) is 0 Å². The smallest absolute Gasteiger partial charge is 0.264 e. The number of nitrogens with zero attached hydrogens (tertiary/aromatic N) is 2. The third kappa shape index (κ3) is 2.87. The van der Waals surface area contributed by atoms with E-state index in [0.29, 0.717) is 0 Å². The molecule has 0 N–H and O–H groups in total. The third-order valence-electron chi connectivity index (χ3n) is 5.04. The molecule has 3 aromatic rings. The van der Waals surface area contributed by atoms with Crippen LogP contribution in [0.2, 0.25) is 0 Å². The van der Waals surface area contributed by atoms with E-state index in [2.05, 4.69) is 42.2 Å². The maximum atomic E-state index is 13.0. The zero-order valence-corrected chi connectivity index (χ0v) is 15.2. The number of pyridine rings is 1. The fourth-order valence-electron chi connectivity index (χ4n) is 3.39. The maximum absolute atomic E-state index is 13.0. The number of carbonyl (C=O) groups is 1. The van der Waals surface area contributed by atoms with Gasteiger partial charge in [-0.2, -0.15) is 0 Å². The molecule has 2 heterocycles. The van der Waals surface area contributed by atoms with E-state index in [1.165, 1.54) is 21.6 Å². The fourth-order valence-corrected chi connectivity index (χ4v) is 4.65. The Hall–Kier alpha value is -2.46. The van der Waals surface area contributed by atoms with Crippen LogP contribution in [0.3, 0.4) is 0 Å². The fraction of sp³-hybridized carbons (Fsp3) is 0.238. The normalized spacial score (nSPS) is 13.7. The lowest BCUT2D eigenvalue weighted by molar-refractivity contribution is 0.0747. The summed E-state index contributed by atoms with van der Waals surface area (Å²) < 4.78 is 0. The van der Waals surface area contributed by atoms with E-state index in [9.17, 15) is 4.79 Å². The Morgan fingerprint density at radius 2 is 1.84 bits per heavy atom. The Labute approximate surface area is 152 Å². The van der Waals surface area contributed by atoms with Gasteiger partial charge in [0.1, 0.15) is 0 Å². The average Bonchev–Trinajstić information content (AvgIpc) is 3.11. The Kier molecular flexibility index (Phi) is 4.14. The molecule has 25 heavy (non-hydrogen) atoms. The molecule has 4 rings (SSSR count). The van der Waals surface area contributed by atoms with Crippen molar-refractivity contribution >= 4 is 17.2 Å². The monoisotopic (exact) mass is 348 g/mol. The maximum Gasteiger partial charge on any atom is 0.264 e. The van der Waals surface area contributed by atoms with Crippen molar-refractivity contribution in [2.75, 3.05) is 7.05 Å². The molecule has 0 radical (unpaired) electrons. The van der Waals surface area contributed by atoms with Gasteiger partial charge < -0.3 is 4.90 Å². The van der Waals surface area contributed by atoms with Crippen LogP contribution in [0.1, 0.15) is 39.3 Å². The molecule has 0 fully saturated rings. The number of thiophene rings is 1. The minimum atomic E-state index is 0.0157. The number of hydrogen-bond acceptors (Lipinski definition) is 3. The van der Waals surface area contributed by atoms with E-state index in [4.69, 9.17) is 0 Å². The van der Waals surface area contributed by atoms with Crippen LogP contribution in [-0.4, -0.2) is 22.8 Å². The zero-order chi connectivity index (χ0) is 17.4. The van der Waals surface area contributed by atoms with Gasteiger partial charge in [0.2, 0.25) is 0 Å². The van der Waals surface area contributed by atoms with E-state index >= 15 is 0 Å². The molecular weight excluding hydrogens is 328 g/mol. The predicted octanol–water partition coefficient (Wildman–Crippen LogP) is 4.74. The molecule has 4 heteroatoms. The van der Waals surface area contributed by atoms with Crippen LogP contribution >= 0.6 is 11.3 Å². The first-order valence-electron chi connectivity index (χ1n) is 8.53. The van der Waals surface area contributed by atoms with E-state index in [0.717, 1.165) is 23.3 Å². The van der Waals surface area contributed by atoms with E-state index in [1.54, 1.807) is 23.7 Å². The lowest BCUT2D eigenvalue weighted by Gasteiger charge is -2.24. The molecule has 0 saturated carbocycles. The van der Waals surface area contributed by atoms with Crippen molar-refractivity contribution in [3.05, 3.63) is 76.4 Å². The SMILES string of the molecule is CC(c1ccncc1)N(C)C(=O)c1cc2c(s1)-c1ccccc1CC2. The van der Waals surface area contributed by atoms with Crippen molar-refractivity contribution in [2.45, 2.75) is 25.8 Å². The number of hydrogen-bond donors (Lipinski definition) is 0. The topological polar surface area (TPSA) is 33.2 Å². The second-order valence-electron chi connectivity index (χ2n) is 6.49. The summed E-state index contributed by atoms with van der Waals surface area (Å²) in [6, 6.07) is 14.6. The van der Waals surface area contributed by atoms with Gasteiger partial charge in [-0.15, -0.1) is 11.3 Å². The van der Waals surface area contributed by atoms with Crippen LogP contribution in [-0.2, 0) is 12.8 Å². The Bertz CT molecular complexity index is 917. The number of carbonyl (C=O) groups excluding carboxylic acids is 1. The summed E-state index contributed by atoms with van der Waals surface area (Å²) >= 11 is 1.62. The summed E-state index contributed by atoms with van der Waals surface area (Å²) in [7, 11) is 1.88. The van der Waals surface area contributed by atoms with Gasteiger partial charge in [-0.1, -0.05) is 24.3 Å². The average molecular weight is 348 g/mol. The summed E-state index contributed by atoms with van der Waals surface area (Å²) in [5, 5.41) is 0. The lowest BCUT2D eigenvalue weighted by atomic mass is 9.91.